The predicted molar refractivity (Wildman–Crippen MR) is 74.2 cm³/mol. The lowest BCUT2D eigenvalue weighted by Gasteiger charge is -2.11. The highest BCUT2D eigenvalue weighted by Crippen LogP contribution is 2.26. The molecule has 1 aliphatic rings. The van der Waals surface area contributed by atoms with Crippen molar-refractivity contribution in [3.63, 3.8) is 0 Å². The summed E-state index contributed by atoms with van der Waals surface area (Å²) >= 11 is 0. The van der Waals surface area contributed by atoms with Gasteiger partial charge in [0.25, 0.3) is 0 Å². The second kappa shape index (κ2) is 5.39. The fourth-order valence-electron chi connectivity index (χ4n) is 2.70. The van der Waals surface area contributed by atoms with Gasteiger partial charge >= 0.3 is 0 Å². The molecule has 0 bridgehead atoms. The number of ether oxygens (including phenoxy) is 1. The number of fused-ring (bicyclic) bond motifs is 1. The molecule has 1 heterocycles. The summed E-state index contributed by atoms with van der Waals surface area (Å²) in [5.74, 6) is 1.42. The topological polar surface area (TPSA) is 39.2 Å². The van der Waals surface area contributed by atoms with E-state index in [4.69, 9.17) is 4.74 Å². The molecule has 1 atom stereocenters. The monoisotopic (exact) mass is 255 g/mol. The molecular formula is C16H17NO2. The van der Waals surface area contributed by atoms with E-state index in [1.54, 1.807) is 6.20 Å². The van der Waals surface area contributed by atoms with Gasteiger partial charge < -0.3 is 4.74 Å². The van der Waals surface area contributed by atoms with Crippen molar-refractivity contribution in [3.05, 3.63) is 36.5 Å². The van der Waals surface area contributed by atoms with Crippen LogP contribution in [0.3, 0.4) is 0 Å². The Kier molecular flexibility index (Phi) is 3.45. The van der Waals surface area contributed by atoms with Gasteiger partial charge in [-0.1, -0.05) is 18.2 Å². The Hall–Kier alpha value is -1.90. The summed E-state index contributed by atoms with van der Waals surface area (Å²) in [6.45, 7) is 0.589. The van der Waals surface area contributed by atoms with Crippen LogP contribution in [0, 0.1) is 5.92 Å². The molecule has 19 heavy (non-hydrogen) atoms. The van der Waals surface area contributed by atoms with E-state index in [0.717, 1.165) is 42.3 Å². The minimum absolute atomic E-state index is 0.211. The Labute approximate surface area is 112 Å². The van der Waals surface area contributed by atoms with E-state index in [2.05, 4.69) is 4.98 Å². The number of carbonyl (C=O) groups is 1. The Morgan fingerprint density at radius 1 is 1.26 bits per heavy atom. The van der Waals surface area contributed by atoms with Crippen LogP contribution in [0.5, 0.6) is 5.75 Å². The smallest absolute Gasteiger partial charge is 0.145 e. The van der Waals surface area contributed by atoms with Crippen molar-refractivity contribution in [2.75, 3.05) is 6.61 Å². The summed E-state index contributed by atoms with van der Waals surface area (Å²) in [5, 5.41) is 1.08. The van der Waals surface area contributed by atoms with Gasteiger partial charge in [-0.25, -0.2) is 0 Å². The molecule has 1 saturated carbocycles. The van der Waals surface area contributed by atoms with Crippen molar-refractivity contribution >= 4 is 16.7 Å². The minimum atomic E-state index is 0.211. The number of nitrogens with zero attached hydrogens (tertiary/aromatic N) is 1. The van der Waals surface area contributed by atoms with Crippen LogP contribution in [-0.4, -0.2) is 17.4 Å². The molecule has 1 fully saturated rings. The average Bonchev–Trinajstić information content (AvgIpc) is 2.85. The van der Waals surface area contributed by atoms with Gasteiger partial charge in [0, 0.05) is 23.9 Å². The standard InChI is InChI=1S/C16H17NO2/c18-14-7-1-4-12(14)9-11-19-15-8-2-5-13-6-3-10-17-16(13)15/h2-3,5-6,8,10,12H,1,4,7,9,11H2. The molecule has 1 aromatic heterocycles. The number of aromatic nitrogens is 1. The van der Waals surface area contributed by atoms with E-state index in [1.165, 1.54) is 0 Å². The summed E-state index contributed by atoms with van der Waals surface area (Å²) in [4.78, 5) is 15.9. The van der Waals surface area contributed by atoms with Gasteiger partial charge in [0.05, 0.1) is 6.61 Å². The summed E-state index contributed by atoms with van der Waals surface area (Å²) in [5.41, 5.74) is 0.891. The molecule has 0 N–H and O–H groups in total. The van der Waals surface area contributed by atoms with E-state index >= 15 is 0 Å². The average molecular weight is 255 g/mol. The lowest BCUT2D eigenvalue weighted by Crippen LogP contribution is -2.11. The first kappa shape index (κ1) is 12.2. The summed E-state index contributed by atoms with van der Waals surface area (Å²) < 4.78 is 5.81. The SMILES string of the molecule is O=C1CCCC1CCOc1cccc2cccnc12. The fourth-order valence-corrected chi connectivity index (χ4v) is 2.70. The Balaban J connectivity index is 1.67. The maximum Gasteiger partial charge on any atom is 0.145 e. The van der Waals surface area contributed by atoms with Crippen molar-refractivity contribution in [2.24, 2.45) is 5.92 Å². The summed E-state index contributed by atoms with van der Waals surface area (Å²) in [6, 6.07) is 9.88. The first-order valence-corrected chi connectivity index (χ1v) is 6.84. The van der Waals surface area contributed by atoms with Crippen molar-refractivity contribution in [2.45, 2.75) is 25.7 Å². The van der Waals surface area contributed by atoms with Crippen molar-refractivity contribution in [1.82, 2.24) is 4.98 Å². The lowest BCUT2D eigenvalue weighted by atomic mass is 10.0. The Bertz CT molecular complexity index is 589. The van der Waals surface area contributed by atoms with Gasteiger partial charge in [-0.3, -0.25) is 9.78 Å². The molecule has 0 amide bonds. The highest BCUT2D eigenvalue weighted by Gasteiger charge is 2.23. The third-order valence-corrected chi connectivity index (χ3v) is 3.75. The molecule has 0 radical (unpaired) electrons. The second-order valence-corrected chi connectivity index (χ2v) is 5.02. The minimum Gasteiger partial charge on any atom is -0.491 e. The molecule has 3 nitrogen and oxygen atoms in total. The van der Waals surface area contributed by atoms with Gasteiger partial charge in [-0.2, -0.15) is 0 Å². The van der Waals surface area contributed by atoms with Crippen LogP contribution in [0.25, 0.3) is 10.9 Å². The predicted octanol–water partition coefficient (Wildman–Crippen LogP) is 3.37. The van der Waals surface area contributed by atoms with Crippen LogP contribution in [0.2, 0.25) is 0 Å². The molecule has 2 aromatic rings. The van der Waals surface area contributed by atoms with Crippen LogP contribution in [-0.2, 0) is 4.79 Å². The number of hydrogen-bond acceptors (Lipinski definition) is 3. The Morgan fingerprint density at radius 3 is 3.00 bits per heavy atom. The first-order valence-electron chi connectivity index (χ1n) is 6.84. The van der Waals surface area contributed by atoms with E-state index < -0.39 is 0 Å². The molecule has 0 aliphatic heterocycles. The van der Waals surface area contributed by atoms with E-state index in [0.29, 0.717) is 12.4 Å². The number of rotatable bonds is 4. The van der Waals surface area contributed by atoms with Crippen molar-refractivity contribution < 1.29 is 9.53 Å². The second-order valence-electron chi connectivity index (χ2n) is 5.02. The highest BCUT2D eigenvalue weighted by molar-refractivity contribution is 5.84. The molecule has 98 valence electrons. The largest absolute Gasteiger partial charge is 0.491 e. The molecule has 1 unspecified atom stereocenters. The highest BCUT2D eigenvalue weighted by atomic mass is 16.5. The van der Waals surface area contributed by atoms with Gasteiger partial charge in [0.2, 0.25) is 0 Å². The summed E-state index contributed by atoms with van der Waals surface area (Å²) in [7, 11) is 0. The van der Waals surface area contributed by atoms with Crippen LogP contribution >= 0.6 is 0 Å². The van der Waals surface area contributed by atoms with Gasteiger partial charge in [-0.05, 0) is 31.4 Å². The molecule has 3 rings (SSSR count). The third-order valence-electron chi connectivity index (χ3n) is 3.75. The quantitative estimate of drug-likeness (QED) is 0.840. The number of hydrogen-bond donors (Lipinski definition) is 0. The van der Waals surface area contributed by atoms with Crippen LogP contribution in [0.15, 0.2) is 36.5 Å². The molecule has 1 aromatic carbocycles. The third kappa shape index (κ3) is 2.60. The first-order chi connectivity index (χ1) is 9.34. The van der Waals surface area contributed by atoms with Gasteiger partial charge in [0.15, 0.2) is 0 Å². The molecular weight excluding hydrogens is 238 g/mol. The Morgan fingerprint density at radius 2 is 2.16 bits per heavy atom. The van der Waals surface area contributed by atoms with E-state index in [1.807, 2.05) is 30.3 Å². The van der Waals surface area contributed by atoms with Gasteiger partial charge in [0.1, 0.15) is 17.0 Å². The number of benzene rings is 1. The zero-order valence-electron chi connectivity index (χ0n) is 10.8. The van der Waals surface area contributed by atoms with Crippen LogP contribution in [0.4, 0.5) is 0 Å². The summed E-state index contributed by atoms with van der Waals surface area (Å²) in [6.07, 6.45) is 5.41. The van der Waals surface area contributed by atoms with Gasteiger partial charge in [-0.15, -0.1) is 0 Å². The fraction of sp³-hybridized carbons (Fsp3) is 0.375. The molecule has 3 heteroatoms. The zero-order valence-corrected chi connectivity index (χ0v) is 10.8. The maximum atomic E-state index is 11.6. The van der Waals surface area contributed by atoms with E-state index in [-0.39, 0.29) is 5.92 Å². The van der Waals surface area contributed by atoms with E-state index in [9.17, 15) is 4.79 Å². The normalized spacial score (nSPS) is 18.9. The van der Waals surface area contributed by atoms with Crippen LogP contribution < -0.4 is 4.74 Å². The molecule has 0 spiro atoms. The zero-order chi connectivity index (χ0) is 13.1. The molecule has 0 saturated heterocycles. The van der Waals surface area contributed by atoms with Crippen LogP contribution in [0.1, 0.15) is 25.7 Å². The number of ketones is 1. The molecule has 1 aliphatic carbocycles. The maximum absolute atomic E-state index is 11.6. The van der Waals surface area contributed by atoms with Crippen molar-refractivity contribution in [1.29, 1.82) is 0 Å². The lowest BCUT2D eigenvalue weighted by molar-refractivity contribution is -0.120. The number of carbonyl (C=O) groups excluding carboxylic acids is 1. The van der Waals surface area contributed by atoms with Crippen molar-refractivity contribution in [3.8, 4) is 5.75 Å². The number of Topliss-reactive ketones (excluding diaryl/α,β-unsaturated/α-hetero) is 1. The number of para-hydroxylation sites is 1. The number of pyridine rings is 1.